The van der Waals surface area contributed by atoms with E-state index in [0.29, 0.717) is 6.04 Å². The van der Waals surface area contributed by atoms with Crippen molar-refractivity contribution in [2.24, 2.45) is 5.73 Å². The summed E-state index contributed by atoms with van der Waals surface area (Å²) in [5, 5.41) is 4.06. The molecular formula is C13H25ClN4O. The molecule has 1 aromatic rings. The third kappa shape index (κ3) is 4.16. The Morgan fingerprint density at radius 1 is 1.37 bits per heavy atom. The van der Waals surface area contributed by atoms with Gasteiger partial charge in [0.15, 0.2) is 5.82 Å². The van der Waals surface area contributed by atoms with Crippen LogP contribution in [0.4, 0.5) is 0 Å². The molecule has 5 nitrogen and oxygen atoms in total. The van der Waals surface area contributed by atoms with Gasteiger partial charge in [0.25, 0.3) is 0 Å². The first-order chi connectivity index (χ1) is 8.58. The van der Waals surface area contributed by atoms with Crippen molar-refractivity contribution in [2.45, 2.75) is 64.6 Å². The second-order valence-electron chi connectivity index (χ2n) is 5.60. The highest BCUT2D eigenvalue weighted by Crippen LogP contribution is 2.21. The predicted octanol–water partition coefficient (Wildman–Crippen LogP) is 2.32. The molecule has 1 fully saturated rings. The second-order valence-corrected chi connectivity index (χ2v) is 5.60. The first-order valence-corrected chi connectivity index (χ1v) is 6.90. The number of rotatable bonds is 4. The summed E-state index contributed by atoms with van der Waals surface area (Å²) < 4.78 is 5.24. The number of nitrogens with two attached hydrogens (primary N) is 1. The Labute approximate surface area is 121 Å². The van der Waals surface area contributed by atoms with Crippen molar-refractivity contribution >= 4 is 12.4 Å². The van der Waals surface area contributed by atoms with E-state index >= 15 is 0 Å². The van der Waals surface area contributed by atoms with Gasteiger partial charge >= 0.3 is 0 Å². The smallest absolute Gasteiger partial charge is 0.229 e. The van der Waals surface area contributed by atoms with Gasteiger partial charge in [-0.2, -0.15) is 4.98 Å². The summed E-state index contributed by atoms with van der Waals surface area (Å²) in [5.41, 5.74) is 6.06. The van der Waals surface area contributed by atoms with Gasteiger partial charge in [-0.3, -0.25) is 4.90 Å². The Bertz CT molecular complexity index is 380. The van der Waals surface area contributed by atoms with Gasteiger partial charge in [-0.05, 0) is 26.3 Å². The number of piperidine rings is 1. The summed E-state index contributed by atoms with van der Waals surface area (Å²) >= 11 is 0. The minimum absolute atomic E-state index is 0. The maximum Gasteiger partial charge on any atom is 0.229 e. The molecule has 0 amide bonds. The lowest BCUT2D eigenvalue weighted by atomic mass is 9.97. The summed E-state index contributed by atoms with van der Waals surface area (Å²) in [4.78, 5) is 6.83. The summed E-state index contributed by atoms with van der Waals surface area (Å²) in [6.07, 6.45) is 3.68. The van der Waals surface area contributed by atoms with Crippen molar-refractivity contribution in [2.75, 3.05) is 6.54 Å². The van der Waals surface area contributed by atoms with Gasteiger partial charge in [-0.15, -0.1) is 12.4 Å². The quantitative estimate of drug-likeness (QED) is 0.921. The van der Waals surface area contributed by atoms with Crippen LogP contribution in [0.2, 0.25) is 0 Å². The zero-order valence-corrected chi connectivity index (χ0v) is 12.8. The number of nitrogens with zero attached hydrogens (tertiary/aromatic N) is 3. The Hall–Kier alpha value is -0.650. The van der Waals surface area contributed by atoms with E-state index in [-0.39, 0.29) is 24.4 Å². The predicted molar refractivity (Wildman–Crippen MR) is 77.3 cm³/mol. The van der Waals surface area contributed by atoms with Crippen LogP contribution in [0.3, 0.4) is 0 Å². The van der Waals surface area contributed by atoms with Crippen LogP contribution < -0.4 is 5.73 Å². The van der Waals surface area contributed by atoms with E-state index in [1.165, 1.54) is 19.3 Å². The van der Waals surface area contributed by atoms with Crippen LogP contribution >= 0.6 is 12.4 Å². The minimum Gasteiger partial charge on any atom is -0.339 e. The van der Waals surface area contributed by atoms with Crippen molar-refractivity contribution < 1.29 is 4.52 Å². The molecule has 19 heavy (non-hydrogen) atoms. The number of likely N-dealkylation sites (tertiary alicyclic amines) is 1. The molecule has 6 heteroatoms. The summed E-state index contributed by atoms with van der Waals surface area (Å²) in [6, 6.07) is 0.640. The zero-order valence-electron chi connectivity index (χ0n) is 12.0. The molecule has 0 aliphatic carbocycles. The molecule has 0 bridgehead atoms. The maximum absolute atomic E-state index is 6.06. The number of halogens is 1. The molecule has 0 spiro atoms. The molecular weight excluding hydrogens is 264 g/mol. The molecule has 2 N–H and O–H groups in total. The summed E-state index contributed by atoms with van der Waals surface area (Å²) in [6.45, 7) is 8.03. The van der Waals surface area contributed by atoms with Gasteiger partial charge in [0.2, 0.25) is 5.89 Å². The van der Waals surface area contributed by atoms with Crippen molar-refractivity contribution in [1.29, 1.82) is 0 Å². The zero-order chi connectivity index (χ0) is 13.1. The SMILES string of the molecule is CC(C)c1nc(CN2CCCCC2C(C)N)no1.Cl. The standard InChI is InChI=1S/C13H24N4O.ClH/c1-9(2)13-15-12(16-18-13)8-17-7-5-4-6-11(17)10(3)14;/h9-11H,4-8,14H2,1-3H3;1H. The molecule has 2 atom stereocenters. The largest absolute Gasteiger partial charge is 0.339 e. The number of hydrogen-bond donors (Lipinski definition) is 1. The third-order valence-corrected chi connectivity index (χ3v) is 3.59. The third-order valence-electron chi connectivity index (χ3n) is 3.59. The molecule has 0 aromatic carbocycles. The Morgan fingerprint density at radius 3 is 2.68 bits per heavy atom. The van der Waals surface area contributed by atoms with E-state index in [9.17, 15) is 0 Å². The van der Waals surface area contributed by atoms with Crippen molar-refractivity contribution in [3.05, 3.63) is 11.7 Å². The van der Waals surface area contributed by atoms with Gasteiger partial charge < -0.3 is 10.3 Å². The number of hydrogen-bond acceptors (Lipinski definition) is 5. The molecule has 110 valence electrons. The molecule has 2 heterocycles. The van der Waals surface area contributed by atoms with Crippen molar-refractivity contribution in [1.82, 2.24) is 15.0 Å². The maximum atomic E-state index is 6.06. The lowest BCUT2D eigenvalue weighted by Crippen LogP contribution is -2.48. The number of aromatic nitrogens is 2. The fourth-order valence-electron chi connectivity index (χ4n) is 2.56. The van der Waals surface area contributed by atoms with Crippen LogP contribution in [0, 0.1) is 0 Å². The Morgan fingerprint density at radius 2 is 2.11 bits per heavy atom. The molecule has 1 aromatic heterocycles. The van der Waals surface area contributed by atoms with Gasteiger partial charge in [-0.1, -0.05) is 25.4 Å². The summed E-state index contributed by atoms with van der Waals surface area (Å²) in [7, 11) is 0. The van der Waals surface area contributed by atoms with Gasteiger partial charge in [0.05, 0.1) is 6.54 Å². The molecule has 1 saturated heterocycles. The van der Waals surface area contributed by atoms with E-state index < -0.39 is 0 Å². The van der Waals surface area contributed by atoms with Gasteiger partial charge in [-0.25, -0.2) is 0 Å². The molecule has 0 saturated carbocycles. The van der Waals surface area contributed by atoms with Crippen LogP contribution in [0.1, 0.15) is 57.7 Å². The van der Waals surface area contributed by atoms with E-state index in [2.05, 4.69) is 35.8 Å². The van der Waals surface area contributed by atoms with Crippen LogP contribution in [-0.4, -0.2) is 33.7 Å². The first kappa shape index (κ1) is 16.4. The van der Waals surface area contributed by atoms with E-state index in [0.717, 1.165) is 24.8 Å². The van der Waals surface area contributed by atoms with Gasteiger partial charge in [0, 0.05) is 18.0 Å². The fourth-order valence-corrected chi connectivity index (χ4v) is 2.56. The lowest BCUT2D eigenvalue weighted by molar-refractivity contribution is 0.118. The highest BCUT2D eigenvalue weighted by molar-refractivity contribution is 5.85. The van der Waals surface area contributed by atoms with Crippen LogP contribution in [0.15, 0.2) is 4.52 Å². The first-order valence-electron chi connectivity index (χ1n) is 6.90. The van der Waals surface area contributed by atoms with E-state index in [1.54, 1.807) is 0 Å². The minimum atomic E-state index is 0. The molecule has 1 aliphatic heterocycles. The second kappa shape index (κ2) is 7.22. The lowest BCUT2D eigenvalue weighted by Gasteiger charge is -2.37. The highest BCUT2D eigenvalue weighted by Gasteiger charge is 2.26. The molecule has 2 rings (SSSR count). The Kier molecular flexibility index (Phi) is 6.23. The monoisotopic (exact) mass is 288 g/mol. The normalized spacial score (nSPS) is 22.3. The molecule has 0 radical (unpaired) electrons. The van der Waals surface area contributed by atoms with Crippen molar-refractivity contribution in [3.63, 3.8) is 0 Å². The fraction of sp³-hybridized carbons (Fsp3) is 0.846. The average Bonchev–Trinajstić information content (AvgIpc) is 2.78. The Balaban J connectivity index is 0.00000180. The average molecular weight is 289 g/mol. The van der Waals surface area contributed by atoms with Crippen LogP contribution in [0.25, 0.3) is 0 Å². The molecule has 1 aliphatic rings. The highest BCUT2D eigenvalue weighted by atomic mass is 35.5. The van der Waals surface area contributed by atoms with E-state index in [4.69, 9.17) is 10.3 Å². The summed E-state index contributed by atoms with van der Waals surface area (Å²) in [5.74, 6) is 1.79. The topological polar surface area (TPSA) is 68.2 Å². The van der Waals surface area contributed by atoms with Crippen molar-refractivity contribution in [3.8, 4) is 0 Å². The van der Waals surface area contributed by atoms with Crippen LogP contribution in [-0.2, 0) is 6.54 Å². The molecule has 2 unspecified atom stereocenters. The van der Waals surface area contributed by atoms with Gasteiger partial charge in [0.1, 0.15) is 0 Å². The van der Waals surface area contributed by atoms with Crippen LogP contribution in [0.5, 0.6) is 0 Å². The van der Waals surface area contributed by atoms with E-state index in [1.807, 2.05) is 0 Å².